The van der Waals surface area contributed by atoms with E-state index < -0.39 is 0 Å². The quantitative estimate of drug-likeness (QED) is 0.789. The summed E-state index contributed by atoms with van der Waals surface area (Å²) in [6, 6.07) is 8.86. The van der Waals surface area contributed by atoms with Crippen molar-refractivity contribution in [2.24, 2.45) is 5.92 Å². The fourth-order valence-corrected chi connectivity index (χ4v) is 2.97. The Morgan fingerprint density at radius 2 is 1.63 bits per heavy atom. The molecule has 0 amide bonds. The Bertz CT molecular complexity index is 451. The summed E-state index contributed by atoms with van der Waals surface area (Å²) >= 11 is 0. The molecular formula is C18H25O-. The summed E-state index contributed by atoms with van der Waals surface area (Å²) in [7, 11) is 0. The normalized spacial score (nSPS) is 20.4. The van der Waals surface area contributed by atoms with Crippen LogP contribution in [0.25, 0.3) is 0 Å². The molecule has 0 fully saturated rings. The third-order valence-electron chi connectivity index (χ3n) is 4.32. The first kappa shape index (κ1) is 14.2. The van der Waals surface area contributed by atoms with Crippen molar-refractivity contribution in [2.45, 2.75) is 58.8 Å². The zero-order chi connectivity index (χ0) is 14.0. The molecule has 19 heavy (non-hydrogen) atoms. The highest BCUT2D eigenvalue weighted by Gasteiger charge is 2.19. The van der Waals surface area contributed by atoms with Crippen molar-refractivity contribution in [1.29, 1.82) is 0 Å². The molecule has 104 valence electrons. The third kappa shape index (κ3) is 3.20. The molecule has 0 bridgehead atoms. The van der Waals surface area contributed by atoms with Crippen LogP contribution in [0, 0.1) is 5.92 Å². The van der Waals surface area contributed by atoms with E-state index in [9.17, 15) is 5.11 Å². The molecule has 0 N–H and O–H groups in total. The second-order valence-corrected chi connectivity index (χ2v) is 6.36. The van der Waals surface area contributed by atoms with Crippen LogP contribution in [0.1, 0.15) is 69.9 Å². The average Bonchev–Trinajstić information content (AvgIpc) is 2.38. The molecule has 0 saturated heterocycles. The van der Waals surface area contributed by atoms with Crippen LogP contribution in [-0.2, 0) is 0 Å². The fourth-order valence-electron chi connectivity index (χ4n) is 2.97. The van der Waals surface area contributed by atoms with Gasteiger partial charge in [0.05, 0.1) is 0 Å². The second-order valence-electron chi connectivity index (χ2n) is 6.36. The molecular weight excluding hydrogens is 232 g/mol. The van der Waals surface area contributed by atoms with Gasteiger partial charge in [0.2, 0.25) is 0 Å². The Morgan fingerprint density at radius 3 is 2.11 bits per heavy atom. The van der Waals surface area contributed by atoms with E-state index in [2.05, 4.69) is 52.0 Å². The van der Waals surface area contributed by atoms with Crippen molar-refractivity contribution in [3.05, 3.63) is 46.7 Å². The van der Waals surface area contributed by atoms with Gasteiger partial charge in [-0.15, -0.1) is 5.76 Å². The first-order valence-electron chi connectivity index (χ1n) is 7.47. The lowest BCUT2D eigenvalue weighted by atomic mass is 9.80. The van der Waals surface area contributed by atoms with Gasteiger partial charge in [-0.25, -0.2) is 0 Å². The van der Waals surface area contributed by atoms with E-state index in [-0.39, 0.29) is 0 Å². The molecule has 1 aliphatic carbocycles. The maximum Gasteiger partial charge on any atom is -0.0130 e. The third-order valence-corrected chi connectivity index (χ3v) is 4.32. The molecule has 0 radical (unpaired) electrons. The van der Waals surface area contributed by atoms with Gasteiger partial charge in [-0.05, 0) is 48.1 Å². The lowest BCUT2D eigenvalue weighted by Crippen LogP contribution is -2.19. The molecule has 1 aliphatic rings. The molecule has 0 heterocycles. The number of rotatable bonds is 3. The summed E-state index contributed by atoms with van der Waals surface area (Å²) in [6.45, 7) is 8.68. The van der Waals surface area contributed by atoms with Gasteiger partial charge in [0.25, 0.3) is 0 Å². The van der Waals surface area contributed by atoms with Crippen LogP contribution in [0.2, 0.25) is 0 Å². The smallest absolute Gasteiger partial charge is 0.0130 e. The maximum atomic E-state index is 12.2. The Morgan fingerprint density at radius 1 is 1.00 bits per heavy atom. The Labute approximate surface area is 117 Å². The minimum Gasteiger partial charge on any atom is -0.875 e. The topological polar surface area (TPSA) is 23.1 Å². The molecule has 2 rings (SSSR count). The van der Waals surface area contributed by atoms with Crippen LogP contribution in [0.15, 0.2) is 35.6 Å². The van der Waals surface area contributed by atoms with Crippen molar-refractivity contribution in [3.8, 4) is 0 Å². The second kappa shape index (κ2) is 5.81. The van der Waals surface area contributed by atoms with Crippen LogP contribution in [-0.4, -0.2) is 0 Å². The molecule has 1 aromatic rings. The highest BCUT2D eigenvalue weighted by molar-refractivity contribution is 5.29. The molecule has 1 nitrogen and oxygen atoms in total. The average molecular weight is 257 g/mol. The zero-order valence-corrected chi connectivity index (χ0v) is 12.6. The molecule has 0 saturated carbocycles. The van der Waals surface area contributed by atoms with Crippen LogP contribution in [0.3, 0.4) is 0 Å². The van der Waals surface area contributed by atoms with Crippen molar-refractivity contribution < 1.29 is 5.11 Å². The van der Waals surface area contributed by atoms with Crippen molar-refractivity contribution in [2.75, 3.05) is 0 Å². The number of benzene rings is 1. The van der Waals surface area contributed by atoms with E-state index in [1.807, 2.05) is 0 Å². The van der Waals surface area contributed by atoms with Gasteiger partial charge in [0.15, 0.2) is 0 Å². The predicted molar refractivity (Wildman–Crippen MR) is 79.0 cm³/mol. The highest BCUT2D eigenvalue weighted by atomic mass is 16.3. The molecule has 1 unspecified atom stereocenters. The summed E-state index contributed by atoms with van der Waals surface area (Å²) < 4.78 is 0. The van der Waals surface area contributed by atoms with Crippen molar-refractivity contribution in [3.63, 3.8) is 0 Å². The van der Waals surface area contributed by atoms with Gasteiger partial charge in [0.1, 0.15) is 0 Å². The van der Waals surface area contributed by atoms with E-state index in [0.29, 0.717) is 29.9 Å². The molecule has 0 aliphatic heterocycles. The summed E-state index contributed by atoms with van der Waals surface area (Å²) in [5.74, 6) is 1.80. The van der Waals surface area contributed by atoms with E-state index in [1.165, 1.54) is 11.1 Å². The summed E-state index contributed by atoms with van der Waals surface area (Å²) in [5, 5.41) is 12.2. The highest BCUT2D eigenvalue weighted by Crippen LogP contribution is 2.37. The van der Waals surface area contributed by atoms with Crippen LogP contribution in [0.4, 0.5) is 0 Å². The molecule has 0 spiro atoms. The predicted octanol–water partition coefficient (Wildman–Crippen LogP) is 4.35. The molecule has 1 atom stereocenters. The summed E-state index contributed by atoms with van der Waals surface area (Å²) in [6.07, 6.45) is 2.81. The van der Waals surface area contributed by atoms with Gasteiger partial charge in [-0.3, -0.25) is 0 Å². The Hall–Kier alpha value is -1.24. The zero-order valence-electron chi connectivity index (χ0n) is 12.6. The van der Waals surface area contributed by atoms with Crippen LogP contribution >= 0.6 is 0 Å². The number of hydrogen-bond acceptors (Lipinski definition) is 1. The number of hydrogen-bond donors (Lipinski definition) is 0. The maximum absolute atomic E-state index is 12.2. The van der Waals surface area contributed by atoms with Gasteiger partial charge in [0, 0.05) is 0 Å². The van der Waals surface area contributed by atoms with Crippen molar-refractivity contribution >= 4 is 0 Å². The first-order chi connectivity index (χ1) is 8.99. The summed E-state index contributed by atoms with van der Waals surface area (Å²) in [5.41, 5.74) is 3.86. The SMILES string of the molecule is CC(C)C1=C([O-])CC(c2ccc(C(C)C)cc2)CC1. The Balaban J connectivity index is 2.13. The molecule has 1 heteroatoms. The van der Waals surface area contributed by atoms with Crippen LogP contribution in [0.5, 0.6) is 0 Å². The van der Waals surface area contributed by atoms with E-state index in [0.717, 1.165) is 18.4 Å². The van der Waals surface area contributed by atoms with E-state index in [4.69, 9.17) is 0 Å². The van der Waals surface area contributed by atoms with E-state index >= 15 is 0 Å². The minimum absolute atomic E-state index is 0.388. The van der Waals surface area contributed by atoms with Gasteiger partial charge in [-0.1, -0.05) is 57.5 Å². The monoisotopic (exact) mass is 257 g/mol. The van der Waals surface area contributed by atoms with Gasteiger partial charge >= 0.3 is 0 Å². The molecule has 1 aromatic carbocycles. The largest absolute Gasteiger partial charge is 0.875 e. The van der Waals surface area contributed by atoms with Crippen molar-refractivity contribution in [1.82, 2.24) is 0 Å². The van der Waals surface area contributed by atoms with Crippen LogP contribution < -0.4 is 5.11 Å². The fraction of sp³-hybridized carbons (Fsp3) is 0.556. The summed E-state index contributed by atoms with van der Waals surface area (Å²) in [4.78, 5) is 0. The first-order valence-corrected chi connectivity index (χ1v) is 7.47. The Kier molecular flexibility index (Phi) is 4.34. The minimum atomic E-state index is 0.388. The van der Waals surface area contributed by atoms with Gasteiger partial charge in [-0.2, -0.15) is 0 Å². The molecule has 0 aromatic heterocycles. The lowest BCUT2D eigenvalue weighted by Gasteiger charge is -2.33. The standard InChI is InChI=1S/C18H26O/c1-12(2)14-5-7-15(8-6-14)16-9-10-17(13(3)4)18(19)11-16/h5-8,12-13,16,19H,9-11H2,1-4H3/p-1. The van der Waals surface area contributed by atoms with E-state index in [1.54, 1.807) is 0 Å². The lowest BCUT2D eigenvalue weighted by molar-refractivity contribution is -0.311. The van der Waals surface area contributed by atoms with Gasteiger partial charge < -0.3 is 5.11 Å². The number of allylic oxidation sites excluding steroid dienone is 2.